The zero-order chi connectivity index (χ0) is 16.9. The van der Waals surface area contributed by atoms with Crippen LogP contribution in [0.15, 0.2) is 41.1 Å². The van der Waals surface area contributed by atoms with E-state index in [1.807, 2.05) is 25.1 Å². The lowest BCUT2D eigenvalue weighted by Gasteiger charge is -2.33. The van der Waals surface area contributed by atoms with Crippen molar-refractivity contribution >= 4 is 27.6 Å². The van der Waals surface area contributed by atoms with Crippen molar-refractivity contribution in [3.05, 3.63) is 46.7 Å². The van der Waals surface area contributed by atoms with Gasteiger partial charge in [-0.1, -0.05) is 28.1 Å². The Kier molecular flexibility index (Phi) is 5.68. The minimum atomic E-state index is 0.430. The third-order valence-corrected chi connectivity index (χ3v) is 4.82. The Labute approximate surface area is 152 Å². The molecule has 0 radical (unpaired) electrons. The number of rotatable bonds is 5. The summed E-state index contributed by atoms with van der Waals surface area (Å²) in [5.41, 5.74) is 1.36. The van der Waals surface area contributed by atoms with Gasteiger partial charge in [-0.05, 0) is 37.1 Å². The van der Waals surface area contributed by atoms with Crippen molar-refractivity contribution in [2.45, 2.75) is 25.4 Å². The molecule has 0 spiro atoms. The fourth-order valence-electron chi connectivity index (χ4n) is 3.04. The molecule has 1 N–H and O–H groups in total. The van der Waals surface area contributed by atoms with Gasteiger partial charge in [0.05, 0.1) is 0 Å². The van der Waals surface area contributed by atoms with Crippen LogP contribution in [-0.4, -0.2) is 48.1 Å². The second-order valence-electron chi connectivity index (χ2n) is 6.50. The molecule has 1 aromatic heterocycles. The lowest BCUT2D eigenvalue weighted by molar-refractivity contribution is 0.208. The summed E-state index contributed by atoms with van der Waals surface area (Å²) in [6.07, 6.45) is 4.01. The third kappa shape index (κ3) is 4.68. The number of nitrogens with zero attached hydrogens (tertiary/aromatic N) is 4. The van der Waals surface area contributed by atoms with E-state index < -0.39 is 0 Å². The number of benzene rings is 1. The summed E-state index contributed by atoms with van der Waals surface area (Å²) < 4.78 is 1.13. The number of halogens is 1. The van der Waals surface area contributed by atoms with Gasteiger partial charge in [-0.3, -0.25) is 4.90 Å². The van der Waals surface area contributed by atoms with Crippen LogP contribution < -0.4 is 10.2 Å². The van der Waals surface area contributed by atoms with Crippen LogP contribution in [0.5, 0.6) is 0 Å². The van der Waals surface area contributed by atoms with Gasteiger partial charge in [0.2, 0.25) is 0 Å². The molecule has 1 aromatic carbocycles. The highest BCUT2D eigenvalue weighted by Crippen LogP contribution is 2.19. The molecule has 1 atom stereocenters. The highest BCUT2D eigenvalue weighted by atomic mass is 79.9. The summed E-state index contributed by atoms with van der Waals surface area (Å²) in [6.45, 7) is 3.19. The van der Waals surface area contributed by atoms with Gasteiger partial charge in [-0.15, -0.1) is 0 Å². The van der Waals surface area contributed by atoms with Crippen molar-refractivity contribution in [2.24, 2.45) is 0 Å². The van der Waals surface area contributed by atoms with Crippen molar-refractivity contribution in [3.8, 4) is 0 Å². The van der Waals surface area contributed by atoms with Crippen LogP contribution in [-0.2, 0) is 6.54 Å². The smallest absolute Gasteiger partial charge is 0.133 e. The first-order valence-electron chi connectivity index (χ1n) is 8.33. The van der Waals surface area contributed by atoms with Crippen LogP contribution in [0.2, 0.25) is 0 Å². The molecule has 0 aliphatic carbocycles. The van der Waals surface area contributed by atoms with E-state index in [0.29, 0.717) is 6.04 Å². The Balaban J connectivity index is 1.59. The van der Waals surface area contributed by atoms with Crippen LogP contribution in [0.4, 0.5) is 11.6 Å². The zero-order valence-electron chi connectivity index (χ0n) is 14.2. The summed E-state index contributed by atoms with van der Waals surface area (Å²) in [6, 6.07) is 11.0. The van der Waals surface area contributed by atoms with Crippen LogP contribution >= 0.6 is 15.9 Å². The van der Waals surface area contributed by atoms with E-state index >= 15 is 0 Å². The monoisotopic (exact) mass is 389 g/mol. The molecular formula is C18H24BrN5. The molecule has 1 fully saturated rings. The van der Waals surface area contributed by atoms with Gasteiger partial charge in [-0.25, -0.2) is 9.97 Å². The number of hydrogen-bond acceptors (Lipinski definition) is 5. The highest BCUT2D eigenvalue weighted by Gasteiger charge is 2.20. The molecule has 2 aromatic rings. The molecule has 2 heterocycles. The number of hydrogen-bond donors (Lipinski definition) is 1. The average molecular weight is 390 g/mol. The summed E-state index contributed by atoms with van der Waals surface area (Å²) >= 11 is 3.49. The minimum absolute atomic E-state index is 0.430. The van der Waals surface area contributed by atoms with Crippen LogP contribution in [0.25, 0.3) is 0 Å². The molecule has 24 heavy (non-hydrogen) atoms. The molecule has 1 unspecified atom stereocenters. The number of anilines is 2. The standard InChI is InChI=1S/C18H24BrN5/c1-23(2)18-10-17(20-13-21-18)22-16-4-3-9-24(12-16)11-14-5-7-15(19)8-6-14/h5-8,10,13,16H,3-4,9,11-12H2,1-2H3,(H,20,21,22). The summed E-state index contributed by atoms with van der Waals surface area (Å²) in [5.74, 6) is 1.83. The van der Waals surface area contributed by atoms with E-state index in [1.54, 1.807) is 6.33 Å². The average Bonchev–Trinajstić information content (AvgIpc) is 2.57. The predicted molar refractivity (Wildman–Crippen MR) is 102 cm³/mol. The molecule has 6 heteroatoms. The maximum Gasteiger partial charge on any atom is 0.133 e. The predicted octanol–water partition coefficient (Wildman–Crippen LogP) is 3.38. The van der Waals surface area contributed by atoms with E-state index in [-0.39, 0.29) is 0 Å². The third-order valence-electron chi connectivity index (χ3n) is 4.29. The van der Waals surface area contributed by atoms with E-state index in [0.717, 1.165) is 35.7 Å². The Hall–Kier alpha value is -1.66. The second-order valence-corrected chi connectivity index (χ2v) is 7.42. The highest BCUT2D eigenvalue weighted by molar-refractivity contribution is 9.10. The van der Waals surface area contributed by atoms with Crippen LogP contribution in [0, 0.1) is 0 Å². The van der Waals surface area contributed by atoms with Gasteiger partial charge < -0.3 is 10.2 Å². The van der Waals surface area contributed by atoms with Crippen molar-refractivity contribution in [1.82, 2.24) is 14.9 Å². The van der Waals surface area contributed by atoms with Crippen molar-refractivity contribution < 1.29 is 0 Å². The molecule has 5 nitrogen and oxygen atoms in total. The quantitative estimate of drug-likeness (QED) is 0.848. The first-order chi connectivity index (χ1) is 11.6. The van der Waals surface area contributed by atoms with Crippen LogP contribution in [0.1, 0.15) is 18.4 Å². The normalized spacial score (nSPS) is 18.4. The van der Waals surface area contributed by atoms with E-state index in [1.165, 1.54) is 18.4 Å². The first kappa shape index (κ1) is 17.2. The second kappa shape index (κ2) is 7.94. The SMILES string of the molecule is CN(C)c1cc(NC2CCCN(Cc3ccc(Br)cc3)C2)ncn1. The van der Waals surface area contributed by atoms with Gasteiger partial charge in [0.1, 0.15) is 18.0 Å². The number of likely N-dealkylation sites (tertiary alicyclic amines) is 1. The van der Waals surface area contributed by atoms with Gasteiger partial charge in [0, 0.05) is 43.8 Å². The van der Waals surface area contributed by atoms with E-state index in [9.17, 15) is 0 Å². The maximum absolute atomic E-state index is 4.36. The number of aromatic nitrogens is 2. The molecular weight excluding hydrogens is 366 g/mol. The van der Waals surface area contributed by atoms with Gasteiger partial charge in [-0.2, -0.15) is 0 Å². The number of piperidine rings is 1. The summed E-state index contributed by atoms with van der Waals surface area (Å²) in [7, 11) is 3.99. The fourth-order valence-corrected chi connectivity index (χ4v) is 3.31. The van der Waals surface area contributed by atoms with Gasteiger partial charge >= 0.3 is 0 Å². The van der Waals surface area contributed by atoms with Gasteiger partial charge in [0.15, 0.2) is 0 Å². The van der Waals surface area contributed by atoms with E-state index in [2.05, 4.69) is 60.4 Å². The lowest BCUT2D eigenvalue weighted by atomic mass is 10.0. The Morgan fingerprint density at radius 3 is 2.79 bits per heavy atom. The molecule has 3 rings (SSSR count). The van der Waals surface area contributed by atoms with Gasteiger partial charge in [0.25, 0.3) is 0 Å². The molecule has 0 saturated carbocycles. The van der Waals surface area contributed by atoms with Crippen molar-refractivity contribution in [1.29, 1.82) is 0 Å². The topological polar surface area (TPSA) is 44.3 Å². The van der Waals surface area contributed by atoms with Crippen molar-refractivity contribution in [3.63, 3.8) is 0 Å². The Morgan fingerprint density at radius 1 is 1.25 bits per heavy atom. The maximum atomic E-state index is 4.36. The largest absolute Gasteiger partial charge is 0.366 e. The molecule has 1 aliphatic rings. The molecule has 0 bridgehead atoms. The summed E-state index contributed by atoms with van der Waals surface area (Å²) in [4.78, 5) is 13.1. The lowest BCUT2D eigenvalue weighted by Crippen LogP contribution is -2.41. The van der Waals surface area contributed by atoms with Crippen LogP contribution in [0.3, 0.4) is 0 Å². The first-order valence-corrected chi connectivity index (χ1v) is 9.12. The fraction of sp³-hybridized carbons (Fsp3) is 0.444. The zero-order valence-corrected chi connectivity index (χ0v) is 15.8. The minimum Gasteiger partial charge on any atom is -0.366 e. The molecule has 128 valence electrons. The number of nitrogens with one attached hydrogen (secondary N) is 1. The van der Waals surface area contributed by atoms with E-state index in [4.69, 9.17) is 0 Å². The summed E-state index contributed by atoms with van der Waals surface area (Å²) in [5, 5.41) is 3.57. The molecule has 1 saturated heterocycles. The Bertz CT molecular complexity index is 659. The molecule has 1 aliphatic heterocycles. The molecule has 0 amide bonds. The van der Waals surface area contributed by atoms with Crippen molar-refractivity contribution in [2.75, 3.05) is 37.4 Å². The Morgan fingerprint density at radius 2 is 2.04 bits per heavy atom.